The maximum atomic E-state index is 14.2. The fraction of sp³-hybridized carbons (Fsp3) is 0.250. The number of halogens is 3. The Bertz CT molecular complexity index is 613. The molecular formula is C16H16Cl2FN. The Morgan fingerprint density at radius 3 is 2.55 bits per heavy atom. The van der Waals surface area contributed by atoms with Crippen molar-refractivity contribution in [2.24, 2.45) is 0 Å². The Balaban J connectivity index is 2.50. The first kappa shape index (κ1) is 15.3. The molecule has 1 nitrogen and oxygen atoms in total. The molecule has 1 unspecified atom stereocenters. The summed E-state index contributed by atoms with van der Waals surface area (Å²) in [6, 6.07) is 10.5. The van der Waals surface area contributed by atoms with Gasteiger partial charge >= 0.3 is 0 Å². The second kappa shape index (κ2) is 6.57. The lowest BCUT2D eigenvalue weighted by Crippen LogP contribution is -2.23. The van der Waals surface area contributed by atoms with Gasteiger partial charge in [0, 0.05) is 10.6 Å². The third-order valence-corrected chi connectivity index (χ3v) is 3.93. The second-order valence-corrected chi connectivity index (χ2v) is 5.46. The summed E-state index contributed by atoms with van der Waals surface area (Å²) in [6.07, 6.45) is 0. The highest BCUT2D eigenvalue weighted by molar-refractivity contribution is 6.31. The molecular weight excluding hydrogens is 296 g/mol. The van der Waals surface area contributed by atoms with Gasteiger partial charge in [0.2, 0.25) is 0 Å². The van der Waals surface area contributed by atoms with E-state index < -0.39 is 5.82 Å². The zero-order valence-electron chi connectivity index (χ0n) is 11.4. The van der Waals surface area contributed by atoms with E-state index >= 15 is 0 Å². The third kappa shape index (κ3) is 3.14. The summed E-state index contributed by atoms with van der Waals surface area (Å²) in [5, 5.41) is 4.07. The van der Waals surface area contributed by atoms with Gasteiger partial charge in [0.05, 0.1) is 11.1 Å². The van der Waals surface area contributed by atoms with Gasteiger partial charge in [0.1, 0.15) is 5.82 Å². The monoisotopic (exact) mass is 311 g/mol. The maximum absolute atomic E-state index is 14.2. The molecule has 4 heteroatoms. The van der Waals surface area contributed by atoms with E-state index in [0.29, 0.717) is 17.1 Å². The Labute approximate surface area is 128 Å². The summed E-state index contributed by atoms with van der Waals surface area (Å²) in [5.74, 6) is -0.392. The average Bonchev–Trinajstić information content (AvgIpc) is 2.43. The lowest BCUT2D eigenvalue weighted by Gasteiger charge is -2.20. The predicted octanol–water partition coefficient (Wildman–Crippen LogP) is 5.14. The van der Waals surface area contributed by atoms with Gasteiger partial charge in [-0.1, -0.05) is 54.4 Å². The normalized spacial score (nSPS) is 12.4. The van der Waals surface area contributed by atoms with Gasteiger partial charge in [-0.05, 0) is 36.7 Å². The van der Waals surface area contributed by atoms with Crippen LogP contribution in [0.5, 0.6) is 0 Å². The molecule has 0 aliphatic carbocycles. The van der Waals surface area contributed by atoms with Crippen molar-refractivity contribution < 1.29 is 4.39 Å². The van der Waals surface area contributed by atoms with Crippen molar-refractivity contribution in [1.29, 1.82) is 0 Å². The highest BCUT2D eigenvalue weighted by Gasteiger charge is 2.19. The number of aryl methyl sites for hydroxylation is 1. The van der Waals surface area contributed by atoms with E-state index in [-0.39, 0.29) is 11.1 Å². The van der Waals surface area contributed by atoms with Gasteiger partial charge in [-0.15, -0.1) is 0 Å². The van der Waals surface area contributed by atoms with Crippen LogP contribution in [0.3, 0.4) is 0 Å². The summed E-state index contributed by atoms with van der Waals surface area (Å²) in [7, 11) is 0. The Hall–Kier alpha value is -1.09. The summed E-state index contributed by atoms with van der Waals surface area (Å²) in [5.41, 5.74) is 2.44. The van der Waals surface area contributed by atoms with E-state index in [2.05, 4.69) is 5.32 Å². The van der Waals surface area contributed by atoms with E-state index in [4.69, 9.17) is 23.2 Å². The van der Waals surface area contributed by atoms with Crippen LogP contribution in [-0.4, -0.2) is 6.54 Å². The topological polar surface area (TPSA) is 12.0 Å². The molecule has 1 N–H and O–H groups in total. The van der Waals surface area contributed by atoms with Crippen LogP contribution in [-0.2, 0) is 0 Å². The van der Waals surface area contributed by atoms with Gasteiger partial charge < -0.3 is 5.32 Å². The molecule has 0 spiro atoms. The zero-order chi connectivity index (χ0) is 14.7. The van der Waals surface area contributed by atoms with Crippen LogP contribution in [0.25, 0.3) is 0 Å². The van der Waals surface area contributed by atoms with Gasteiger partial charge in [0.15, 0.2) is 0 Å². The van der Waals surface area contributed by atoms with Crippen molar-refractivity contribution in [2.45, 2.75) is 19.9 Å². The number of hydrogen-bond donors (Lipinski definition) is 1. The lowest BCUT2D eigenvalue weighted by atomic mass is 9.97. The summed E-state index contributed by atoms with van der Waals surface area (Å²) in [4.78, 5) is 0. The molecule has 2 aromatic carbocycles. The molecule has 0 fully saturated rings. The minimum atomic E-state index is -0.392. The third-order valence-electron chi connectivity index (χ3n) is 3.23. The second-order valence-electron chi connectivity index (χ2n) is 4.64. The van der Waals surface area contributed by atoms with Crippen LogP contribution in [0.1, 0.15) is 29.7 Å². The molecule has 0 saturated carbocycles. The molecule has 20 heavy (non-hydrogen) atoms. The Morgan fingerprint density at radius 1 is 1.15 bits per heavy atom. The summed E-state index contributed by atoms with van der Waals surface area (Å²) >= 11 is 12.0. The molecule has 0 heterocycles. The molecule has 0 aliphatic heterocycles. The van der Waals surface area contributed by atoms with Crippen molar-refractivity contribution >= 4 is 23.2 Å². The Kier molecular flexibility index (Phi) is 5.03. The first-order chi connectivity index (χ1) is 9.54. The molecule has 2 rings (SSSR count). The molecule has 0 bridgehead atoms. The smallest absolute Gasteiger partial charge is 0.146 e. The number of rotatable bonds is 4. The average molecular weight is 312 g/mol. The summed E-state index contributed by atoms with van der Waals surface area (Å²) < 4.78 is 14.2. The minimum absolute atomic E-state index is 0.128. The number of benzene rings is 2. The first-order valence-corrected chi connectivity index (χ1v) is 7.23. The molecule has 0 saturated heterocycles. The largest absolute Gasteiger partial charge is 0.306 e. The molecule has 1 atom stereocenters. The van der Waals surface area contributed by atoms with Crippen LogP contribution in [0.2, 0.25) is 10.0 Å². The fourth-order valence-corrected chi connectivity index (χ4v) is 2.51. The van der Waals surface area contributed by atoms with Gasteiger partial charge in [-0.25, -0.2) is 4.39 Å². The lowest BCUT2D eigenvalue weighted by molar-refractivity contribution is 0.559. The number of hydrogen-bond acceptors (Lipinski definition) is 1. The van der Waals surface area contributed by atoms with E-state index in [1.54, 1.807) is 18.2 Å². The maximum Gasteiger partial charge on any atom is 0.146 e. The van der Waals surface area contributed by atoms with Crippen LogP contribution in [0.4, 0.5) is 4.39 Å². The zero-order valence-corrected chi connectivity index (χ0v) is 12.9. The van der Waals surface area contributed by atoms with Gasteiger partial charge in [0.25, 0.3) is 0 Å². The molecule has 0 radical (unpaired) electrons. The van der Waals surface area contributed by atoms with Crippen LogP contribution < -0.4 is 5.32 Å². The van der Waals surface area contributed by atoms with Crippen LogP contribution in [0, 0.1) is 12.7 Å². The van der Waals surface area contributed by atoms with Crippen LogP contribution in [0.15, 0.2) is 36.4 Å². The molecule has 106 valence electrons. The van der Waals surface area contributed by atoms with E-state index in [0.717, 1.165) is 11.1 Å². The molecule has 0 aromatic heterocycles. The van der Waals surface area contributed by atoms with Crippen molar-refractivity contribution in [3.63, 3.8) is 0 Å². The SMILES string of the molecule is CCNC(c1ccc(C)c(Cl)c1)c1cccc(Cl)c1F. The van der Waals surface area contributed by atoms with E-state index in [1.807, 2.05) is 32.0 Å². The van der Waals surface area contributed by atoms with Crippen LogP contribution >= 0.6 is 23.2 Å². The summed E-state index contributed by atoms with van der Waals surface area (Å²) in [6.45, 7) is 4.63. The van der Waals surface area contributed by atoms with Crippen molar-refractivity contribution in [3.05, 3.63) is 69.0 Å². The minimum Gasteiger partial charge on any atom is -0.306 e. The highest BCUT2D eigenvalue weighted by Crippen LogP contribution is 2.30. The number of nitrogens with one attached hydrogen (secondary N) is 1. The first-order valence-electron chi connectivity index (χ1n) is 6.48. The standard InChI is InChI=1S/C16H16Cl2FN/c1-3-20-16(11-8-7-10(2)14(18)9-11)12-5-4-6-13(17)15(12)19/h4-9,16,20H,3H2,1-2H3. The Morgan fingerprint density at radius 2 is 1.90 bits per heavy atom. The van der Waals surface area contributed by atoms with E-state index in [1.165, 1.54) is 0 Å². The van der Waals surface area contributed by atoms with Gasteiger partial charge in [-0.2, -0.15) is 0 Å². The van der Waals surface area contributed by atoms with Gasteiger partial charge in [-0.3, -0.25) is 0 Å². The fourth-order valence-electron chi connectivity index (χ4n) is 2.14. The predicted molar refractivity (Wildman–Crippen MR) is 83.1 cm³/mol. The molecule has 2 aromatic rings. The molecule has 0 amide bonds. The highest BCUT2D eigenvalue weighted by atomic mass is 35.5. The quantitative estimate of drug-likeness (QED) is 0.824. The van der Waals surface area contributed by atoms with Crippen molar-refractivity contribution in [3.8, 4) is 0 Å². The van der Waals surface area contributed by atoms with Crippen molar-refractivity contribution in [2.75, 3.05) is 6.54 Å². The molecule has 0 aliphatic rings. The van der Waals surface area contributed by atoms with E-state index in [9.17, 15) is 4.39 Å². The van der Waals surface area contributed by atoms with Crippen molar-refractivity contribution in [1.82, 2.24) is 5.32 Å².